The molecule has 2 atom stereocenters. The van der Waals surface area contributed by atoms with Crippen molar-refractivity contribution in [3.05, 3.63) is 40.9 Å². The maximum absolute atomic E-state index is 4.33. The van der Waals surface area contributed by atoms with Crippen molar-refractivity contribution in [3.63, 3.8) is 0 Å². The van der Waals surface area contributed by atoms with Crippen LogP contribution in [0.25, 0.3) is 0 Å². The van der Waals surface area contributed by atoms with Crippen molar-refractivity contribution in [2.24, 2.45) is 0 Å². The molecule has 0 saturated carbocycles. The van der Waals surface area contributed by atoms with Gasteiger partial charge in [0.25, 0.3) is 0 Å². The molecule has 3 nitrogen and oxygen atoms in total. The number of hydrogen-bond acceptors (Lipinski definition) is 6. The third-order valence-electron chi connectivity index (χ3n) is 3.70. The zero-order valence-electron chi connectivity index (χ0n) is 12.2. The Labute approximate surface area is 138 Å². The lowest BCUT2D eigenvalue weighted by Crippen LogP contribution is -2.39. The van der Waals surface area contributed by atoms with E-state index in [2.05, 4.69) is 70.4 Å². The van der Waals surface area contributed by atoms with Crippen molar-refractivity contribution in [3.8, 4) is 0 Å². The number of rotatable bonds is 4. The molecule has 1 fully saturated rings. The third kappa shape index (κ3) is 3.62. The SMILES string of the molecule is CSc1nnc(CN2CCS[C@H](C)[C@H]2c2ccccc2)s1. The molecule has 0 spiro atoms. The zero-order valence-corrected chi connectivity index (χ0v) is 14.7. The Bertz CT molecular complexity index is 573. The fourth-order valence-electron chi connectivity index (χ4n) is 2.75. The van der Waals surface area contributed by atoms with Crippen LogP contribution in [0, 0.1) is 0 Å². The molecule has 0 unspecified atom stereocenters. The van der Waals surface area contributed by atoms with Crippen LogP contribution in [-0.4, -0.2) is 38.9 Å². The zero-order chi connectivity index (χ0) is 14.7. The largest absolute Gasteiger partial charge is 0.288 e. The summed E-state index contributed by atoms with van der Waals surface area (Å²) >= 11 is 5.46. The number of thioether (sulfide) groups is 2. The minimum atomic E-state index is 0.464. The molecule has 1 aromatic heterocycles. The first-order valence-corrected chi connectivity index (χ1v) is 10.1. The van der Waals surface area contributed by atoms with E-state index in [9.17, 15) is 0 Å². The van der Waals surface area contributed by atoms with Crippen molar-refractivity contribution in [2.75, 3.05) is 18.6 Å². The summed E-state index contributed by atoms with van der Waals surface area (Å²) < 4.78 is 1.06. The first-order chi connectivity index (χ1) is 10.3. The van der Waals surface area contributed by atoms with E-state index in [1.54, 1.807) is 23.1 Å². The van der Waals surface area contributed by atoms with Crippen LogP contribution in [0.2, 0.25) is 0 Å². The van der Waals surface area contributed by atoms with E-state index in [-0.39, 0.29) is 0 Å². The maximum Gasteiger partial charge on any atom is 0.174 e. The highest BCUT2D eigenvalue weighted by Gasteiger charge is 2.30. The van der Waals surface area contributed by atoms with Gasteiger partial charge in [-0.2, -0.15) is 11.8 Å². The first kappa shape index (κ1) is 15.3. The van der Waals surface area contributed by atoms with E-state index in [1.807, 2.05) is 0 Å². The van der Waals surface area contributed by atoms with Crippen molar-refractivity contribution < 1.29 is 0 Å². The van der Waals surface area contributed by atoms with Gasteiger partial charge in [0.15, 0.2) is 4.34 Å². The molecular formula is C15H19N3S3. The Morgan fingerprint density at radius 3 is 2.81 bits per heavy atom. The summed E-state index contributed by atoms with van der Waals surface area (Å²) in [5.74, 6) is 1.19. The number of benzene rings is 1. The van der Waals surface area contributed by atoms with E-state index in [0.717, 1.165) is 22.4 Å². The topological polar surface area (TPSA) is 29.0 Å². The molecule has 1 aliphatic rings. The van der Waals surface area contributed by atoms with Crippen LogP contribution in [0.1, 0.15) is 23.5 Å². The fraction of sp³-hybridized carbons (Fsp3) is 0.467. The summed E-state index contributed by atoms with van der Waals surface area (Å²) in [6, 6.07) is 11.3. The van der Waals surface area contributed by atoms with Crippen LogP contribution in [-0.2, 0) is 6.54 Å². The molecule has 1 saturated heterocycles. The van der Waals surface area contributed by atoms with Gasteiger partial charge in [0.05, 0.1) is 6.54 Å². The van der Waals surface area contributed by atoms with Gasteiger partial charge >= 0.3 is 0 Å². The lowest BCUT2D eigenvalue weighted by molar-refractivity contribution is 0.191. The summed E-state index contributed by atoms with van der Waals surface area (Å²) in [6.45, 7) is 4.35. The third-order valence-corrected chi connectivity index (χ3v) is 6.79. The lowest BCUT2D eigenvalue weighted by Gasteiger charge is -2.39. The molecule has 0 amide bonds. The molecular weight excluding hydrogens is 318 g/mol. The quantitative estimate of drug-likeness (QED) is 0.788. The van der Waals surface area contributed by atoms with Gasteiger partial charge in [-0.25, -0.2) is 0 Å². The summed E-state index contributed by atoms with van der Waals surface area (Å²) in [6.07, 6.45) is 2.05. The number of nitrogens with zero attached hydrogens (tertiary/aromatic N) is 3. The second-order valence-corrected chi connectivity index (χ2v) is 8.67. The van der Waals surface area contributed by atoms with E-state index in [0.29, 0.717) is 11.3 Å². The Kier molecular flexibility index (Phi) is 5.21. The van der Waals surface area contributed by atoms with Gasteiger partial charge < -0.3 is 0 Å². The molecule has 0 aliphatic carbocycles. The average Bonchev–Trinajstić information content (AvgIpc) is 2.96. The highest BCUT2D eigenvalue weighted by molar-refractivity contribution is 8.00. The van der Waals surface area contributed by atoms with Crippen molar-refractivity contribution in [1.82, 2.24) is 15.1 Å². The first-order valence-electron chi connectivity index (χ1n) is 7.05. The molecule has 6 heteroatoms. The molecule has 3 rings (SSSR count). The monoisotopic (exact) mass is 337 g/mol. The molecule has 21 heavy (non-hydrogen) atoms. The van der Waals surface area contributed by atoms with Gasteiger partial charge in [0.2, 0.25) is 0 Å². The Balaban J connectivity index is 1.80. The lowest BCUT2D eigenvalue weighted by atomic mass is 10.0. The van der Waals surface area contributed by atoms with Crippen LogP contribution in [0.4, 0.5) is 0 Å². The second kappa shape index (κ2) is 7.13. The van der Waals surface area contributed by atoms with Crippen LogP contribution in [0.15, 0.2) is 34.7 Å². The highest BCUT2D eigenvalue weighted by atomic mass is 32.2. The fourth-order valence-corrected chi connectivity index (χ4v) is 5.31. The van der Waals surface area contributed by atoms with Gasteiger partial charge in [0, 0.05) is 23.6 Å². The summed E-state index contributed by atoms with van der Waals surface area (Å²) in [7, 11) is 0. The Morgan fingerprint density at radius 1 is 1.29 bits per heavy atom. The van der Waals surface area contributed by atoms with Crippen molar-refractivity contribution >= 4 is 34.9 Å². The van der Waals surface area contributed by atoms with Gasteiger partial charge in [-0.15, -0.1) is 10.2 Å². The standard InChI is InChI=1S/C15H19N3S3/c1-11-14(12-6-4-3-5-7-12)18(8-9-20-11)10-13-16-17-15(19-2)21-13/h3-7,11,14H,8-10H2,1-2H3/t11-,14+/m1/s1. The normalized spacial score (nSPS) is 23.3. The van der Waals surface area contributed by atoms with Crippen molar-refractivity contribution in [1.29, 1.82) is 0 Å². The number of aromatic nitrogens is 2. The molecule has 2 aromatic rings. The highest BCUT2D eigenvalue weighted by Crippen LogP contribution is 2.37. The van der Waals surface area contributed by atoms with E-state index < -0.39 is 0 Å². The summed E-state index contributed by atoms with van der Waals surface area (Å²) in [4.78, 5) is 2.56. The van der Waals surface area contributed by atoms with Gasteiger partial charge in [-0.05, 0) is 11.8 Å². The second-order valence-electron chi connectivity index (χ2n) is 5.07. The molecule has 0 radical (unpaired) electrons. The smallest absolute Gasteiger partial charge is 0.174 e. The van der Waals surface area contributed by atoms with E-state index in [4.69, 9.17) is 0 Å². The molecule has 1 aromatic carbocycles. The van der Waals surface area contributed by atoms with Crippen molar-refractivity contribution in [2.45, 2.75) is 29.1 Å². The number of hydrogen-bond donors (Lipinski definition) is 0. The predicted octanol–water partition coefficient (Wildman–Crippen LogP) is 3.94. The average molecular weight is 338 g/mol. The van der Waals surface area contributed by atoms with Crippen LogP contribution in [0.3, 0.4) is 0 Å². The van der Waals surface area contributed by atoms with E-state index >= 15 is 0 Å². The van der Waals surface area contributed by atoms with Crippen LogP contribution >= 0.6 is 34.9 Å². The van der Waals surface area contributed by atoms with Crippen LogP contribution < -0.4 is 0 Å². The summed E-state index contributed by atoms with van der Waals surface area (Å²) in [5, 5.41) is 10.3. The van der Waals surface area contributed by atoms with Gasteiger partial charge in [-0.3, -0.25) is 4.90 Å². The van der Waals surface area contributed by atoms with Gasteiger partial charge in [-0.1, -0.05) is 60.4 Å². The predicted molar refractivity (Wildman–Crippen MR) is 93.2 cm³/mol. The van der Waals surface area contributed by atoms with E-state index in [1.165, 1.54) is 11.3 Å². The van der Waals surface area contributed by atoms with Gasteiger partial charge in [0.1, 0.15) is 5.01 Å². The van der Waals surface area contributed by atoms with Crippen LogP contribution in [0.5, 0.6) is 0 Å². The maximum atomic E-state index is 4.33. The minimum Gasteiger partial charge on any atom is -0.288 e. The minimum absolute atomic E-state index is 0.464. The molecule has 112 valence electrons. The Morgan fingerprint density at radius 2 is 2.10 bits per heavy atom. The molecule has 0 N–H and O–H groups in total. The molecule has 1 aliphatic heterocycles. The molecule has 2 heterocycles. The summed E-state index contributed by atoms with van der Waals surface area (Å²) in [5.41, 5.74) is 1.41. The Hall–Kier alpha value is -0.560. The molecule has 0 bridgehead atoms.